The van der Waals surface area contributed by atoms with Crippen molar-refractivity contribution in [1.82, 2.24) is 0 Å². The number of rotatable bonds is 1. The van der Waals surface area contributed by atoms with Crippen molar-refractivity contribution >= 4 is 23.2 Å². The van der Waals surface area contributed by atoms with E-state index in [1.54, 1.807) is 0 Å². The molecule has 13 heavy (non-hydrogen) atoms. The van der Waals surface area contributed by atoms with Crippen molar-refractivity contribution in [3.63, 3.8) is 0 Å². The second-order valence-electron chi connectivity index (χ2n) is 3.46. The number of halogens is 5. The first-order valence-electron chi connectivity index (χ1n) is 4.30. The molecule has 1 fully saturated rings. The summed E-state index contributed by atoms with van der Waals surface area (Å²) in [6.45, 7) is 0. The third kappa shape index (κ3) is 2.44. The molecule has 0 aromatic rings. The van der Waals surface area contributed by atoms with Crippen LogP contribution in [-0.4, -0.2) is 10.5 Å². The van der Waals surface area contributed by atoms with Gasteiger partial charge >= 0.3 is 6.18 Å². The molecule has 0 radical (unpaired) electrons. The minimum absolute atomic E-state index is 0.479. The van der Waals surface area contributed by atoms with Gasteiger partial charge in [-0.05, 0) is 12.8 Å². The van der Waals surface area contributed by atoms with Crippen molar-refractivity contribution in [1.29, 1.82) is 0 Å². The number of hydrogen-bond donors (Lipinski definition) is 0. The molecular weight excluding hydrogens is 224 g/mol. The third-order valence-corrected chi connectivity index (χ3v) is 3.54. The van der Waals surface area contributed by atoms with Gasteiger partial charge < -0.3 is 0 Å². The van der Waals surface area contributed by atoms with E-state index in [9.17, 15) is 13.2 Å². The SMILES string of the molecule is FC(F)(F)C(Cl)(Cl)C1CCCCC1. The maximum atomic E-state index is 12.4. The van der Waals surface area contributed by atoms with E-state index in [0.717, 1.165) is 19.3 Å². The Labute approximate surface area is 85.4 Å². The molecule has 1 saturated carbocycles. The van der Waals surface area contributed by atoms with Crippen molar-refractivity contribution in [2.45, 2.75) is 42.6 Å². The van der Waals surface area contributed by atoms with E-state index in [-0.39, 0.29) is 0 Å². The summed E-state index contributed by atoms with van der Waals surface area (Å²) in [6.07, 6.45) is -0.987. The van der Waals surface area contributed by atoms with E-state index in [4.69, 9.17) is 23.2 Å². The molecule has 5 heteroatoms. The van der Waals surface area contributed by atoms with Crippen molar-refractivity contribution in [3.8, 4) is 0 Å². The quantitative estimate of drug-likeness (QED) is 0.594. The monoisotopic (exact) mass is 234 g/mol. The van der Waals surface area contributed by atoms with Crippen LogP contribution in [0.1, 0.15) is 32.1 Å². The van der Waals surface area contributed by atoms with E-state index in [1.165, 1.54) is 0 Å². The Kier molecular flexibility index (Phi) is 3.39. The molecule has 0 saturated heterocycles. The van der Waals surface area contributed by atoms with E-state index < -0.39 is 16.4 Å². The lowest BCUT2D eigenvalue weighted by Crippen LogP contribution is -2.42. The van der Waals surface area contributed by atoms with Gasteiger partial charge in [0.1, 0.15) is 0 Å². The molecule has 0 spiro atoms. The van der Waals surface area contributed by atoms with Gasteiger partial charge in [0.15, 0.2) is 0 Å². The van der Waals surface area contributed by atoms with Crippen LogP contribution < -0.4 is 0 Å². The van der Waals surface area contributed by atoms with E-state index in [0.29, 0.717) is 12.8 Å². The topological polar surface area (TPSA) is 0 Å². The summed E-state index contributed by atoms with van der Waals surface area (Å²) in [5.74, 6) is -0.635. The molecule has 0 heterocycles. The van der Waals surface area contributed by atoms with Crippen LogP contribution in [0.2, 0.25) is 0 Å². The summed E-state index contributed by atoms with van der Waals surface area (Å²) < 4.78 is 34.5. The lowest BCUT2D eigenvalue weighted by Gasteiger charge is -2.34. The minimum Gasteiger partial charge on any atom is -0.168 e. The highest BCUT2D eigenvalue weighted by Gasteiger charge is 2.57. The zero-order chi connectivity index (χ0) is 10.1. The second-order valence-corrected chi connectivity index (χ2v) is 4.84. The minimum atomic E-state index is -4.52. The normalized spacial score (nSPS) is 21.9. The molecule has 1 rings (SSSR count). The van der Waals surface area contributed by atoms with Crippen LogP contribution >= 0.6 is 23.2 Å². The largest absolute Gasteiger partial charge is 0.421 e. The Morgan fingerprint density at radius 1 is 0.923 bits per heavy atom. The molecule has 1 aliphatic rings. The molecule has 0 bridgehead atoms. The van der Waals surface area contributed by atoms with Crippen LogP contribution in [-0.2, 0) is 0 Å². The van der Waals surface area contributed by atoms with Crippen molar-refractivity contribution < 1.29 is 13.2 Å². The summed E-state index contributed by atoms with van der Waals surface area (Å²) in [4.78, 5) is 0. The van der Waals surface area contributed by atoms with E-state index >= 15 is 0 Å². The first kappa shape index (κ1) is 11.4. The first-order chi connectivity index (χ1) is 5.86. The van der Waals surface area contributed by atoms with E-state index in [1.807, 2.05) is 0 Å². The summed E-state index contributed by atoms with van der Waals surface area (Å²) in [5, 5.41) is 0. The highest BCUT2D eigenvalue weighted by Crippen LogP contribution is 2.50. The molecule has 1 aliphatic carbocycles. The zero-order valence-corrected chi connectivity index (χ0v) is 8.51. The van der Waals surface area contributed by atoms with Gasteiger partial charge in [-0.2, -0.15) is 13.2 Å². The van der Waals surface area contributed by atoms with Crippen LogP contribution in [0.15, 0.2) is 0 Å². The van der Waals surface area contributed by atoms with Gasteiger partial charge in [0.05, 0.1) is 0 Å². The molecule has 0 aliphatic heterocycles. The first-order valence-corrected chi connectivity index (χ1v) is 5.06. The zero-order valence-electron chi connectivity index (χ0n) is 7.00. The van der Waals surface area contributed by atoms with Crippen LogP contribution in [0.4, 0.5) is 13.2 Å². The number of alkyl halides is 5. The van der Waals surface area contributed by atoms with Crippen LogP contribution in [0.25, 0.3) is 0 Å². The van der Waals surface area contributed by atoms with Gasteiger partial charge in [-0.15, -0.1) is 0 Å². The summed E-state index contributed by atoms with van der Waals surface area (Å²) in [5.41, 5.74) is 0. The van der Waals surface area contributed by atoms with Gasteiger partial charge in [0, 0.05) is 5.92 Å². The van der Waals surface area contributed by atoms with Gasteiger partial charge in [0.25, 0.3) is 0 Å². The maximum absolute atomic E-state index is 12.4. The standard InChI is InChI=1S/C8H11Cl2F3/c9-7(10,8(11,12)13)6-4-2-1-3-5-6/h6H,1-5H2. The maximum Gasteiger partial charge on any atom is 0.421 e. The molecule has 0 aromatic carbocycles. The predicted molar refractivity (Wildman–Crippen MR) is 47.1 cm³/mol. The Morgan fingerprint density at radius 3 is 1.77 bits per heavy atom. The molecule has 0 N–H and O–H groups in total. The van der Waals surface area contributed by atoms with Gasteiger partial charge in [-0.25, -0.2) is 0 Å². The van der Waals surface area contributed by atoms with Crippen LogP contribution in [0, 0.1) is 5.92 Å². The highest BCUT2D eigenvalue weighted by atomic mass is 35.5. The summed E-state index contributed by atoms with van der Waals surface area (Å²) >= 11 is 10.7. The molecule has 0 nitrogen and oxygen atoms in total. The average Bonchev–Trinajstić information content (AvgIpc) is 2.04. The molecule has 0 aromatic heterocycles. The van der Waals surface area contributed by atoms with Gasteiger partial charge in [0.2, 0.25) is 4.33 Å². The van der Waals surface area contributed by atoms with Gasteiger partial charge in [-0.3, -0.25) is 0 Å². The van der Waals surface area contributed by atoms with Crippen molar-refractivity contribution in [3.05, 3.63) is 0 Å². The molecular formula is C8H11Cl2F3. The Morgan fingerprint density at radius 2 is 1.38 bits per heavy atom. The van der Waals surface area contributed by atoms with E-state index in [2.05, 4.69) is 0 Å². The second kappa shape index (κ2) is 3.85. The Bertz CT molecular complexity index is 171. The van der Waals surface area contributed by atoms with Crippen LogP contribution in [0.3, 0.4) is 0 Å². The fourth-order valence-corrected chi connectivity index (χ4v) is 2.13. The lowest BCUT2D eigenvalue weighted by atomic mass is 9.86. The van der Waals surface area contributed by atoms with Crippen LogP contribution in [0.5, 0.6) is 0 Å². The Balaban J connectivity index is 2.67. The lowest BCUT2D eigenvalue weighted by molar-refractivity contribution is -0.154. The molecule has 0 atom stereocenters. The fraction of sp³-hybridized carbons (Fsp3) is 1.00. The smallest absolute Gasteiger partial charge is 0.168 e. The van der Waals surface area contributed by atoms with Gasteiger partial charge in [-0.1, -0.05) is 42.5 Å². The van der Waals surface area contributed by atoms with Crippen molar-refractivity contribution in [2.24, 2.45) is 5.92 Å². The summed E-state index contributed by atoms with van der Waals surface area (Å²) in [6, 6.07) is 0. The summed E-state index contributed by atoms with van der Waals surface area (Å²) in [7, 11) is 0. The fourth-order valence-electron chi connectivity index (χ4n) is 1.70. The number of hydrogen-bond acceptors (Lipinski definition) is 0. The Hall–Kier alpha value is 0.370. The third-order valence-electron chi connectivity index (χ3n) is 2.50. The highest BCUT2D eigenvalue weighted by molar-refractivity contribution is 6.49. The average molecular weight is 235 g/mol. The molecule has 0 amide bonds. The predicted octanol–water partition coefficient (Wildman–Crippen LogP) is 4.30. The molecule has 0 unspecified atom stereocenters. The van der Waals surface area contributed by atoms with Crippen molar-refractivity contribution in [2.75, 3.05) is 0 Å². The molecule has 78 valence electrons.